The number of aryl methyl sites for hydroxylation is 2. The lowest BCUT2D eigenvalue weighted by atomic mass is 9.47. The molecule has 3 heterocycles. The summed E-state index contributed by atoms with van der Waals surface area (Å²) in [6, 6.07) is 0. The normalized spacial score (nSPS) is 43.9. The Morgan fingerprint density at radius 3 is 1.22 bits per heavy atom. The van der Waals surface area contributed by atoms with Gasteiger partial charge in [-0.1, -0.05) is 115 Å². The maximum absolute atomic E-state index is 13.3. The lowest BCUT2D eigenvalue weighted by Crippen LogP contribution is -2.51. The number of aliphatic hydroxyl groups is 3. The van der Waals surface area contributed by atoms with Gasteiger partial charge in [-0.05, 0) is 302 Å². The third kappa shape index (κ3) is 13.3. The van der Waals surface area contributed by atoms with Crippen molar-refractivity contribution in [3.63, 3.8) is 0 Å². The molecular formula is C76H122BrN11O6. The van der Waals surface area contributed by atoms with Crippen LogP contribution in [-0.2, 0) is 27.5 Å². The molecule has 12 aliphatic carbocycles. The zero-order chi connectivity index (χ0) is 65.1. The third-order valence-electron chi connectivity index (χ3n) is 28.7. The number of Topliss-reactive ketones (excluding diaryl/α,β-unsaturated/α-hetero) is 3. The van der Waals surface area contributed by atoms with E-state index in [0.717, 1.165) is 115 Å². The monoisotopic (exact) mass is 1360 g/mol. The van der Waals surface area contributed by atoms with E-state index in [1.165, 1.54) is 49.7 Å². The Bertz CT molecular complexity index is 3270. The summed E-state index contributed by atoms with van der Waals surface area (Å²) in [5, 5.41) is 66.7. The van der Waals surface area contributed by atoms with E-state index in [-0.39, 0.29) is 84.9 Å². The molecule has 21 atom stereocenters. The SMILES string of the molecule is C.C.C.CC1=NN=NC1.C[C@@]1(O)CC[C@]2(C)C3=CC[C@]4(C)[C@@H](C(=O)CBr)CC[C@H]4[C@@H]3CC[C@@H]2C1.Cc1nnn(CC(=O)[C@H]2CC[C@H]3[C@@H]4CC[C@@H]5C[C@](C)(O)CC[C@]5(C)C4=CC[C@]23C)n1.Cc1nnnn1CC(=O)[C@H]1CC[C@H]2[C@@H]3CC[C@@H]4C[C@](C)(O)CC[C@]4(C)C3=CC[C@]12C. The molecule has 0 amide bonds. The first kappa shape index (κ1) is 74.2. The minimum atomic E-state index is -0.501. The summed E-state index contributed by atoms with van der Waals surface area (Å²) >= 11 is 3.41. The van der Waals surface area contributed by atoms with Crippen molar-refractivity contribution in [1.82, 2.24) is 40.4 Å². The highest BCUT2D eigenvalue weighted by Crippen LogP contribution is 2.70. The van der Waals surface area contributed by atoms with E-state index in [9.17, 15) is 29.7 Å². The molecule has 9 saturated carbocycles. The number of alkyl halides is 1. The maximum Gasteiger partial charge on any atom is 0.171 e. The first-order valence-corrected chi connectivity index (χ1v) is 36.8. The molecular weight excluding hydrogens is 1240 g/mol. The number of tetrazole rings is 2. The predicted octanol–water partition coefficient (Wildman–Crippen LogP) is 15.8. The first-order valence-electron chi connectivity index (χ1n) is 35.7. The number of aromatic nitrogens is 8. The van der Waals surface area contributed by atoms with Gasteiger partial charge in [0.2, 0.25) is 0 Å². The van der Waals surface area contributed by atoms with Crippen LogP contribution in [0.25, 0.3) is 0 Å². The molecule has 0 bridgehead atoms. The van der Waals surface area contributed by atoms with Crippen LogP contribution in [0, 0.1) is 117 Å². The number of hydrogen-bond acceptors (Lipinski definition) is 15. The predicted molar refractivity (Wildman–Crippen MR) is 374 cm³/mol. The van der Waals surface area contributed by atoms with Gasteiger partial charge in [0, 0.05) is 17.8 Å². The van der Waals surface area contributed by atoms with E-state index < -0.39 is 16.8 Å². The number of nitrogens with zero attached hydrogens (tertiary/aromatic N) is 11. The molecule has 0 saturated heterocycles. The van der Waals surface area contributed by atoms with Crippen LogP contribution in [0.3, 0.4) is 0 Å². The minimum absolute atomic E-state index is 0. The van der Waals surface area contributed by atoms with Gasteiger partial charge in [0.05, 0.1) is 27.8 Å². The molecule has 0 spiro atoms. The van der Waals surface area contributed by atoms with Crippen LogP contribution in [0.1, 0.15) is 257 Å². The number of carbonyl (C=O) groups is 3. The van der Waals surface area contributed by atoms with E-state index in [1.807, 2.05) is 34.6 Å². The molecule has 3 N–H and O–H groups in total. The Kier molecular flexibility index (Phi) is 21.5. The molecule has 94 heavy (non-hydrogen) atoms. The fraction of sp³-hybridized carbons (Fsp3) is 0.842. The molecule has 15 rings (SSSR count). The van der Waals surface area contributed by atoms with Crippen molar-refractivity contribution in [3.05, 3.63) is 46.6 Å². The quantitative estimate of drug-likeness (QED) is 0.165. The number of rotatable bonds is 8. The number of allylic oxidation sites excluding steroid dienone is 6. The van der Waals surface area contributed by atoms with Crippen molar-refractivity contribution >= 4 is 39.0 Å². The molecule has 2 aromatic rings. The van der Waals surface area contributed by atoms with Gasteiger partial charge in [-0.2, -0.15) is 9.91 Å². The van der Waals surface area contributed by atoms with Gasteiger partial charge in [-0.25, -0.2) is 4.68 Å². The van der Waals surface area contributed by atoms with Gasteiger partial charge >= 0.3 is 0 Å². The van der Waals surface area contributed by atoms with Crippen LogP contribution < -0.4 is 0 Å². The summed E-state index contributed by atoms with van der Waals surface area (Å²) in [5.41, 5.74) is 5.58. The fourth-order valence-corrected chi connectivity index (χ4v) is 23.7. The molecule has 0 radical (unpaired) electrons. The van der Waals surface area contributed by atoms with Gasteiger partial charge in [0.15, 0.2) is 17.4 Å². The van der Waals surface area contributed by atoms with Gasteiger partial charge in [0.25, 0.3) is 0 Å². The van der Waals surface area contributed by atoms with Crippen molar-refractivity contribution in [2.75, 3.05) is 11.9 Å². The van der Waals surface area contributed by atoms with Crippen LogP contribution in [-0.4, -0.2) is 107 Å². The Balaban J connectivity index is 0.000000157. The van der Waals surface area contributed by atoms with Crippen LogP contribution in [0.2, 0.25) is 0 Å². The largest absolute Gasteiger partial charge is 0.390 e. The first-order chi connectivity index (χ1) is 42.9. The molecule has 18 heteroatoms. The highest BCUT2D eigenvalue weighted by molar-refractivity contribution is 9.09. The van der Waals surface area contributed by atoms with Gasteiger partial charge < -0.3 is 15.3 Å². The highest BCUT2D eigenvalue weighted by atomic mass is 79.9. The summed E-state index contributed by atoms with van der Waals surface area (Å²) in [6.45, 7) is 27.4. The number of ketones is 3. The van der Waals surface area contributed by atoms with E-state index in [1.54, 1.807) is 28.3 Å². The summed E-state index contributed by atoms with van der Waals surface area (Å²) in [4.78, 5) is 40.5. The molecule has 13 aliphatic rings. The molecule has 1 aliphatic heterocycles. The average molecular weight is 1370 g/mol. The highest BCUT2D eigenvalue weighted by Gasteiger charge is 2.63. The molecule has 524 valence electrons. The summed E-state index contributed by atoms with van der Waals surface area (Å²) in [5.74, 6) is 8.30. The van der Waals surface area contributed by atoms with Gasteiger partial charge in [0.1, 0.15) is 31.2 Å². The topological polar surface area (TPSA) is 236 Å². The third-order valence-corrected chi connectivity index (χ3v) is 29.2. The summed E-state index contributed by atoms with van der Waals surface area (Å²) in [7, 11) is 0. The van der Waals surface area contributed by atoms with Crippen LogP contribution in [0.15, 0.2) is 50.4 Å². The Labute approximate surface area is 572 Å². The summed E-state index contributed by atoms with van der Waals surface area (Å²) < 4.78 is 1.64. The van der Waals surface area contributed by atoms with Crippen LogP contribution in [0.5, 0.6) is 0 Å². The van der Waals surface area contributed by atoms with Gasteiger partial charge in [-0.15, -0.1) is 20.4 Å². The molecule has 9 fully saturated rings. The minimum Gasteiger partial charge on any atom is -0.390 e. The van der Waals surface area contributed by atoms with Crippen molar-refractivity contribution in [2.45, 2.75) is 289 Å². The van der Waals surface area contributed by atoms with Crippen molar-refractivity contribution in [1.29, 1.82) is 0 Å². The molecule has 17 nitrogen and oxygen atoms in total. The number of carbonyl (C=O) groups excluding carboxylic acids is 3. The summed E-state index contributed by atoms with van der Waals surface area (Å²) in [6.07, 6.45) is 33.5. The zero-order valence-electron chi connectivity index (χ0n) is 57.3. The second-order valence-corrected chi connectivity index (χ2v) is 34.9. The van der Waals surface area contributed by atoms with E-state index >= 15 is 0 Å². The molecule has 0 aromatic carbocycles. The molecule has 0 unspecified atom stereocenters. The number of hydrogen-bond donors (Lipinski definition) is 3. The molecule has 2 aromatic heterocycles. The van der Waals surface area contributed by atoms with Crippen molar-refractivity contribution < 1.29 is 29.7 Å². The standard InChI is InChI=1S/2C24H36N4O2.C22H33BrO2.C3H5N3.3CH4/c1-15-25-26-27-28(15)14-21(29)20-8-7-18-17-6-5-16-13-22(2,30)11-12-23(16,3)19(17)9-10-24(18,20)4;1-15-25-27-28(26-15)14-21(29)20-8-7-18-17-6-5-16-13-22(2,30)11-12-23(16,3)19(17)9-10-24(18,20)4;1-20(25)10-11-21(2)14(12-20)4-5-15-16-6-7-18(19(24)13-23)22(16,3)9-8-17(15)21;1-3-2-4-6-5-3;;;/h2*9,16-18,20,30H,5-8,10-14H2,1-4H3;8,14-16,18,25H,4-7,9-13H2,1-3H3;2H2,1H3;3*1H4/t2*16-,17+,18+,20-,22-,23+,24+;14-,15+,16+,18-,20-,21+,22+;;;;/m111..../s1. The lowest BCUT2D eigenvalue weighted by Gasteiger charge is -2.58. The van der Waals surface area contributed by atoms with E-state index in [2.05, 4.69) is 122 Å². The fourth-order valence-electron chi connectivity index (χ4n) is 23.4. The smallest absolute Gasteiger partial charge is 0.171 e. The van der Waals surface area contributed by atoms with Crippen LogP contribution in [0.4, 0.5) is 0 Å². The van der Waals surface area contributed by atoms with Crippen LogP contribution >= 0.6 is 15.9 Å². The van der Waals surface area contributed by atoms with E-state index in [0.29, 0.717) is 94.9 Å². The average Bonchev–Trinajstić information content (AvgIpc) is 1.43. The van der Waals surface area contributed by atoms with E-state index in [4.69, 9.17) is 0 Å². The van der Waals surface area contributed by atoms with Gasteiger partial charge in [-0.3, -0.25) is 14.4 Å². The maximum atomic E-state index is 13.3. The zero-order valence-corrected chi connectivity index (χ0v) is 58.9. The van der Waals surface area contributed by atoms with Crippen molar-refractivity contribution in [3.8, 4) is 0 Å². The number of halogens is 1. The Morgan fingerprint density at radius 1 is 0.511 bits per heavy atom. The number of fused-ring (bicyclic) bond motifs is 15. The Morgan fingerprint density at radius 2 is 0.904 bits per heavy atom. The second kappa shape index (κ2) is 27.3. The second-order valence-electron chi connectivity index (χ2n) is 34.3. The Hall–Kier alpha value is -4.00. The van der Waals surface area contributed by atoms with Crippen molar-refractivity contribution in [2.24, 2.45) is 119 Å². The lowest BCUT2D eigenvalue weighted by molar-refractivity contribution is -0.129.